The summed E-state index contributed by atoms with van der Waals surface area (Å²) >= 11 is 0. The van der Waals surface area contributed by atoms with Crippen molar-refractivity contribution in [2.24, 2.45) is 5.92 Å². The number of hydrogen-bond donors (Lipinski definition) is 4. The van der Waals surface area contributed by atoms with Gasteiger partial charge in [0.2, 0.25) is 17.7 Å². The number of oxazole rings is 2. The lowest BCUT2D eigenvalue weighted by atomic mass is 9.72. The third-order valence-corrected chi connectivity index (χ3v) is 10.4. The van der Waals surface area contributed by atoms with Crippen LogP contribution in [0, 0.1) is 5.92 Å². The number of aromatic nitrogens is 2. The number of hydrogen-bond acceptors (Lipinski definition) is 9. The molecule has 1 spiro atoms. The number of anilines is 1. The predicted octanol–water partition coefficient (Wildman–Crippen LogP) is 5.88. The Morgan fingerprint density at radius 3 is 2.54 bits per heavy atom. The molecule has 3 aromatic carbocycles. The molecule has 0 aliphatic carbocycles. The summed E-state index contributed by atoms with van der Waals surface area (Å²) < 4.78 is 20.0. The van der Waals surface area contributed by atoms with Crippen LogP contribution in [-0.4, -0.2) is 44.8 Å². The molecule has 4 atom stereocenters. The quantitative estimate of drug-likeness (QED) is 0.166. The number of rotatable bonds is 7. The largest absolute Gasteiger partial charge is 0.469 e. The van der Waals surface area contributed by atoms with Crippen LogP contribution in [0.3, 0.4) is 0 Å². The van der Waals surface area contributed by atoms with E-state index >= 15 is 0 Å². The lowest BCUT2D eigenvalue weighted by molar-refractivity contribution is -0.143. The average molecular weight is 674 g/mol. The van der Waals surface area contributed by atoms with Gasteiger partial charge in [-0.15, -0.1) is 0 Å². The Morgan fingerprint density at radius 1 is 1.02 bits per heavy atom. The monoisotopic (exact) mass is 673 g/mol. The second-order valence-electron chi connectivity index (χ2n) is 13.7. The van der Waals surface area contributed by atoms with E-state index in [0.717, 1.165) is 27.9 Å². The molecule has 0 radical (unpaired) electrons. The van der Waals surface area contributed by atoms with Gasteiger partial charge in [0.05, 0.1) is 6.20 Å². The molecule has 5 aromatic rings. The third-order valence-electron chi connectivity index (χ3n) is 10.4. The van der Waals surface area contributed by atoms with Crippen LogP contribution in [0.5, 0.6) is 5.75 Å². The number of para-hydroxylation sites is 1. The van der Waals surface area contributed by atoms with Crippen LogP contribution in [-0.2, 0) is 21.4 Å². The first-order valence-electron chi connectivity index (χ1n) is 17.2. The van der Waals surface area contributed by atoms with Crippen molar-refractivity contribution >= 4 is 17.5 Å². The Labute approximate surface area is 289 Å². The summed E-state index contributed by atoms with van der Waals surface area (Å²) in [6.45, 7) is 7.42. The molecule has 256 valence electrons. The van der Waals surface area contributed by atoms with Crippen LogP contribution in [0.2, 0.25) is 0 Å². The van der Waals surface area contributed by atoms with Gasteiger partial charge in [-0.25, -0.2) is 9.97 Å². The standard InChI is InChI=1S/C39H39N5O6/c1-5-38(47,6-2)36(46)41-27-19-22-16-17-28-25(18-22)39(24-14-10-11-15-26(24)42-37(39)49-28)32-31(44-35(50-32)30(21(3)4)43-33(27)45)34-40-20-29(48-34)23-12-8-7-9-13-23/h7-18,20-21,27,30,37,42,47H,5-6,19H2,1-4H3,(H,41,46)(H,43,45)/t27-,30-,37?,39?/m0/s1. The van der Waals surface area contributed by atoms with Gasteiger partial charge < -0.3 is 34.6 Å². The smallest absolute Gasteiger partial charge is 0.252 e. The zero-order valence-corrected chi connectivity index (χ0v) is 28.3. The van der Waals surface area contributed by atoms with Crippen molar-refractivity contribution < 1.29 is 28.3 Å². The topological polar surface area (TPSA) is 152 Å². The van der Waals surface area contributed by atoms with E-state index in [2.05, 4.69) is 22.0 Å². The number of nitrogens with one attached hydrogen (secondary N) is 3. The molecule has 0 fully saturated rings. The second-order valence-corrected chi connectivity index (χ2v) is 13.7. The molecule has 0 saturated carbocycles. The van der Waals surface area contributed by atoms with Gasteiger partial charge in [-0.3, -0.25) is 9.59 Å². The number of amides is 2. The van der Waals surface area contributed by atoms with Crippen LogP contribution in [0.25, 0.3) is 22.9 Å². The molecule has 0 saturated heterocycles. The van der Waals surface area contributed by atoms with Gasteiger partial charge in [0.25, 0.3) is 5.91 Å². The molecule has 2 amide bonds. The van der Waals surface area contributed by atoms with Crippen LogP contribution in [0.1, 0.15) is 74.9 Å². The Kier molecular flexibility index (Phi) is 7.56. The van der Waals surface area contributed by atoms with Crippen molar-refractivity contribution in [3.8, 4) is 28.7 Å². The van der Waals surface area contributed by atoms with Gasteiger partial charge in [-0.05, 0) is 42.0 Å². The first-order valence-corrected chi connectivity index (χ1v) is 17.2. The van der Waals surface area contributed by atoms with Gasteiger partial charge in [0.15, 0.2) is 23.4 Å². The summed E-state index contributed by atoms with van der Waals surface area (Å²) in [6.07, 6.45) is 1.67. The van der Waals surface area contributed by atoms with Crippen molar-refractivity contribution in [1.29, 1.82) is 0 Å². The minimum absolute atomic E-state index is 0.166. The van der Waals surface area contributed by atoms with Crippen LogP contribution < -0.4 is 20.7 Å². The van der Waals surface area contributed by atoms with Gasteiger partial charge >= 0.3 is 0 Å². The van der Waals surface area contributed by atoms with E-state index in [1.54, 1.807) is 20.0 Å². The van der Waals surface area contributed by atoms with Crippen molar-refractivity contribution in [1.82, 2.24) is 20.6 Å². The summed E-state index contributed by atoms with van der Waals surface area (Å²) in [5.74, 6) is 1.06. The van der Waals surface area contributed by atoms with E-state index in [4.69, 9.17) is 23.5 Å². The maximum atomic E-state index is 14.2. The number of aliphatic hydroxyl groups is 1. The molecular weight excluding hydrogens is 634 g/mol. The van der Waals surface area contributed by atoms with Crippen molar-refractivity contribution in [2.75, 3.05) is 5.32 Å². The number of carbonyl (C=O) groups is 2. The predicted molar refractivity (Wildman–Crippen MR) is 185 cm³/mol. The molecule has 2 unspecified atom stereocenters. The van der Waals surface area contributed by atoms with Gasteiger partial charge in [-0.1, -0.05) is 88.4 Å². The molecule has 4 N–H and O–H groups in total. The van der Waals surface area contributed by atoms with E-state index in [9.17, 15) is 14.7 Å². The fourth-order valence-corrected chi connectivity index (χ4v) is 7.43. The van der Waals surface area contributed by atoms with Crippen molar-refractivity contribution in [3.63, 3.8) is 0 Å². The minimum atomic E-state index is -1.61. The zero-order chi connectivity index (χ0) is 34.8. The number of fused-ring (bicyclic) bond motifs is 4. The highest BCUT2D eigenvalue weighted by Gasteiger charge is 2.61. The molecule has 4 bridgehead atoms. The maximum absolute atomic E-state index is 14.2. The van der Waals surface area contributed by atoms with E-state index in [-0.39, 0.29) is 37.0 Å². The Bertz CT molecular complexity index is 2100. The zero-order valence-electron chi connectivity index (χ0n) is 28.3. The minimum Gasteiger partial charge on any atom is -0.469 e. The summed E-state index contributed by atoms with van der Waals surface area (Å²) in [5.41, 5.74) is 2.07. The fourth-order valence-electron chi connectivity index (χ4n) is 7.43. The summed E-state index contributed by atoms with van der Waals surface area (Å²) in [4.78, 5) is 37.4. The summed E-state index contributed by atoms with van der Waals surface area (Å²) in [6, 6.07) is 21.8. The molecule has 11 nitrogen and oxygen atoms in total. The SMILES string of the molecule is CCC(O)(CC)C(=O)N[C@H]1Cc2ccc3c(c2)C2(c4ccccc4NC2O3)c2oc(nc2-c2ncc(-c3ccccc3)o2)[C@H](C(C)C)NC1=O. The number of carbonyl (C=O) groups excluding carboxylic acids is 2. The Hall–Kier alpha value is -5.42. The van der Waals surface area contributed by atoms with Crippen LogP contribution in [0.4, 0.5) is 5.69 Å². The maximum Gasteiger partial charge on any atom is 0.252 e. The lowest BCUT2D eigenvalue weighted by Gasteiger charge is -2.30. The van der Waals surface area contributed by atoms with E-state index in [1.165, 1.54) is 0 Å². The highest BCUT2D eigenvalue weighted by molar-refractivity contribution is 5.91. The van der Waals surface area contributed by atoms with Gasteiger partial charge in [0.1, 0.15) is 28.8 Å². The molecular formula is C39H39N5O6. The second kappa shape index (κ2) is 11.9. The molecule has 3 aliphatic heterocycles. The van der Waals surface area contributed by atoms with Crippen LogP contribution in [0.15, 0.2) is 87.8 Å². The average Bonchev–Trinajstić information content (AvgIpc) is 3.91. The third kappa shape index (κ3) is 4.82. The molecule has 50 heavy (non-hydrogen) atoms. The Morgan fingerprint density at radius 2 is 1.78 bits per heavy atom. The highest BCUT2D eigenvalue weighted by atomic mass is 16.5. The van der Waals surface area contributed by atoms with E-state index in [0.29, 0.717) is 23.0 Å². The van der Waals surface area contributed by atoms with Gasteiger partial charge in [-0.2, -0.15) is 0 Å². The lowest BCUT2D eigenvalue weighted by Crippen LogP contribution is -2.55. The Balaban J connectivity index is 1.35. The first-order chi connectivity index (χ1) is 24.2. The molecule has 8 rings (SSSR count). The summed E-state index contributed by atoms with van der Waals surface area (Å²) in [7, 11) is 0. The van der Waals surface area contributed by atoms with Crippen LogP contribution >= 0.6 is 0 Å². The normalized spacial score (nSPS) is 22.0. The number of nitrogens with zero attached hydrogens (tertiary/aromatic N) is 2. The molecule has 5 heterocycles. The van der Waals surface area contributed by atoms with E-state index < -0.39 is 41.1 Å². The molecule has 3 aliphatic rings. The highest BCUT2D eigenvalue weighted by Crippen LogP contribution is 2.59. The first kappa shape index (κ1) is 31.8. The number of benzene rings is 3. The van der Waals surface area contributed by atoms with Crippen molar-refractivity contribution in [2.45, 2.75) is 76.3 Å². The summed E-state index contributed by atoms with van der Waals surface area (Å²) in [5, 5.41) is 20.6. The van der Waals surface area contributed by atoms with Crippen molar-refractivity contribution in [3.05, 3.63) is 107 Å². The fraction of sp³-hybridized carbons (Fsp3) is 0.333. The van der Waals surface area contributed by atoms with Gasteiger partial charge in [0, 0.05) is 23.2 Å². The molecule has 11 heteroatoms. The molecule has 2 aromatic heterocycles. The van der Waals surface area contributed by atoms with E-state index in [1.807, 2.05) is 80.6 Å². The number of ether oxygens (including phenoxy) is 1.